The van der Waals surface area contributed by atoms with Gasteiger partial charge in [-0.1, -0.05) is 6.92 Å². The Balaban J connectivity index is 1.63. The summed E-state index contributed by atoms with van der Waals surface area (Å²) in [4.78, 5) is 21.3. The summed E-state index contributed by atoms with van der Waals surface area (Å²) in [6.07, 6.45) is 3.77. The fourth-order valence-electron chi connectivity index (χ4n) is 3.24. The quantitative estimate of drug-likeness (QED) is 0.892. The highest BCUT2D eigenvalue weighted by Crippen LogP contribution is 2.18. The van der Waals surface area contributed by atoms with Crippen molar-refractivity contribution in [2.45, 2.75) is 25.8 Å². The Kier molecular flexibility index (Phi) is 4.51. The molecule has 0 saturated carbocycles. The molecule has 3 rings (SSSR count). The molecule has 1 atom stereocenters. The van der Waals surface area contributed by atoms with Crippen LogP contribution >= 0.6 is 0 Å². The second kappa shape index (κ2) is 6.54. The predicted octanol–water partition coefficient (Wildman–Crippen LogP) is 0.764. The number of nitrogens with zero attached hydrogens (tertiary/aromatic N) is 3. The molecule has 1 aromatic rings. The molecule has 1 unspecified atom stereocenters. The molecule has 21 heavy (non-hydrogen) atoms. The topological polar surface area (TPSA) is 48.5 Å². The number of hydrogen-bond acceptors (Lipinski definition) is 4. The van der Waals surface area contributed by atoms with Gasteiger partial charge in [0.15, 0.2) is 0 Å². The molecule has 0 aromatic carbocycles. The highest BCUT2D eigenvalue weighted by Gasteiger charge is 2.31. The third-order valence-electron chi connectivity index (χ3n) is 4.57. The molecule has 5 heteroatoms. The van der Waals surface area contributed by atoms with E-state index < -0.39 is 0 Å². The molecular weight excluding hydrogens is 264 g/mol. The lowest BCUT2D eigenvalue weighted by atomic mass is 10.2. The number of piperazine rings is 1. The Morgan fingerprint density at radius 1 is 1.38 bits per heavy atom. The van der Waals surface area contributed by atoms with E-state index in [-0.39, 0.29) is 5.91 Å². The Morgan fingerprint density at radius 3 is 2.95 bits per heavy atom. The molecule has 3 heterocycles. The molecule has 0 aliphatic carbocycles. The van der Waals surface area contributed by atoms with Crippen LogP contribution in [0.5, 0.6) is 0 Å². The van der Waals surface area contributed by atoms with E-state index in [9.17, 15) is 4.79 Å². The number of pyridine rings is 1. The number of aromatic nitrogens is 1. The first-order valence-electron chi connectivity index (χ1n) is 7.97. The maximum Gasteiger partial charge on any atom is 0.272 e. The van der Waals surface area contributed by atoms with E-state index in [4.69, 9.17) is 0 Å². The zero-order chi connectivity index (χ0) is 14.7. The number of hydrogen-bond donors (Lipinski definition) is 1. The Hall–Kier alpha value is -1.46. The molecule has 2 aliphatic rings. The van der Waals surface area contributed by atoms with Gasteiger partial charge >= 0.3 is 0 Å². The first-order chi connectivity index (χ1) is 10.3. The fourth-order valence-corrected chi connectivity index (χ4v) is 3.24. The summed E-state index contributed by atoms with van der Waals surface area (Å²) in [5.74, 6) is 0.0861. The summed E-state index contributed by atoms with van der Waals surface area (Å²) in [7, 11) is 0. The van der Waals surface area contributed by atoms with Crippen LogP contribution in [0.25, 0.3) is 0 Å². The van der Waals surface area contributed by atoms with Crippen molar-refractivity contribution in [3.63, 3.8) is 0 Å². The van der Waals surface area contributed by atoms with Crippen LogP contribution in [0.3, 0.4) is 0 Å². The minimum absolute atomic E-state index is 0.0861. The number of likely N-dealkylation sites (tertiary alicyclic amines) is 1. The third kappa shape index (κ3) is 3.24. The lowest BCUT2D eigenvalue weighted by Crippen LogP contribution is -2.49. The monoisotopic (exact) mass is 288 g/mol. The number of aryl methyl sites for hydroxylation is 1. The van der Waals surface area contributed by atoms with E-state index in [2.05, 4.69) is 22.1 Å². The normalized spacial score (nSPS) is 23.5. The Bertz CT molecular complexity index is 499. The van der Waals surface area contributed by atoms with E-state index in [0.717, 1.165) is 52.1 Å². The van der Waals surface area contributed by atoms with Gasteiger partial charge in [0.25, 0.3) is 5.91 Å². The van der Waals surface area contributed by atoms with Crippen LogP contribution in [0.1, 0.15) is 29.4 Å². The van der Waals surface area contributed by atoms with E-state index >= 15 is 0 Å². The molecule has 114 valence electrons. The molecule has 0 spiro atoms. The average Bonchev–Trinajstić information content (AvgIpc) is 3.05. The molecule has 1 N–H and O–H groups in total. The van der Waals surface area contributed by atoms with E-state index in [1.807, 2.05) is 17.0 Å². The SMILES string of the molecule is CCc1ccnc(C(=O)N2CCC(N3CCNCC3)C2)c1. The number of carbonyl (C=O) groups excluding carboxylic acids is 1. The van der Waals surface area contributed by atoms with Crippen LogP contribution in [0.4, 0.5) is 0 Å². The van der Waals surface area contributed by atoms with Crippen molar-refractivity contribution in [2.75, 3.05) is 39.3 Å². The van der Waals surface area contributed by atoms with Crippen LogP contribution in [-0.4, -0.2) is 66.0 Å². The first-order valence-corrected chi connectivity index (χ1v) is 7.97. The molecule has 0 radical (unpaired) electrons. The lowest BCUT2D eigenvalue weighted by molar-refractivity contribution is 0.0767. The molecule has 2 aliphatic heterocycles. The van der Waals surface area contributed by atoms with Gasteiger partial charge in [-0.2, -0.15) is 0 Å². The van der Waals surface area contributed by atoms with Crippen molar-refractivity contribution < 1.29 is 4.79 Å². The van der Waals surface area contributed by atoms with Crippen molar-refractivity contribution in [3.8, 4) is 0 Å². The Labute approximate surface area is 126 Å². The number of rotatable bonds is 3. The van der Waals surface area contributed by atoms with Crippen molar-refractivity contribution in [1.29, 1.82) is 0 Å². The fraction of sp³-hybridized carbons (Fsp3) is 0.625. The molecular formula is C16H24N4O. The smallest absolute Gasteiger partial charge is 0.272 e. The van der Waals surface area contributed by atoms with E-state index in [1.165, 1.54) is 5.56 Å². The van der Waals surface area contributed by atoms with Gasteiger partial charge in [-0.25, -0.2) is 0 Å². The second-order valence-electron chi connectivity index (χ2n) is 5.88. The molecule has 2 saturated heterocycles. The van der Waals surface area contributed by atoms with Gasteiger partial charge in [0.05, 0.1) is 0 Å². The average molecular weight is 288 g/mol. The lowest BCUT2D eigenvalue weighted by Gasteiger charge is -2.32. The Morgan fingerprint density at radius 2 is 2.19 bits per heavy atom. The highest BCUT2D eigenvalue weighted by molar-refractivity contribution is 5.92. The molecule has 1 aromatic heterocycles. The zero-order valence-electron chi connectivity index (χ0n) is 12.7. The minimum Gasteiger partial charge on any atom is -0.336 e. The predicted molar refractivity (Wildman–Crippen MR) is 82.4 cm³/mol. The molecule has 2 fully saturated rings. The van der Waals surface area contributed by atoms with E-state index in [0.29, 0.717) is 11.7 Å². The second-order valence-corrected chi connectivity index (χ2v) is 5.88. The van der Waals surface area contributed by atoms with Gasteiger partial charge in [0.1, 0.15) is 5.69 Å². The summed E-state index contributed by atoms with van der Waals surface area (Å²) in [6, 6.07) is 4.43. The summed E-state index contributed by atoms with van der Waals surface area (Å²) in [5.41, 5.74) is 1.77. The van der Waals surface area contributed by atoms with Gasteiger partial charge in [-0.05, 0) is 30.5 Å². The molecule has 0 bridgehead atoms. The van der Waals surface area contributed by atoms with Crippen molar-refractivity contribution in [3.05, 3.63) is 29.6 Å². The number of amides is 1. The summed E-state index contributed by atoms with van der Waals surface area (Å²) >= 11 is 0. The van der Waals surface area contributed by atoms with Crippen LogP contribution in [-0.2, 0) is 6.42 Å². The molecule has 1 amide bonds. The number of nitrogens with one attached hydrogen (secondary N) is 1. The maximum atomic E-state index is 12.6. The van der Waals surface area contributed by atoms with Gasteiger partial charge in [0.2, 0.25) is 0 Å². The van der Waals surface area contributed by atoms with Gasteiger partial charge in [0, 0.05) is 51.5 Å². The van der Waals surface area contributed by atoms with Crippen molar-refractivity contribution >= 4 is 5.91 Å². The summed E-state index contributed by atoms with van der Waals surface area (Å²) in [5, 5.41) is 3.38. The standard InChI is InChI=1S/C16H24N4O/c1-2-13-3-5-18-15(11-13)16(21)20-8-4-14(12-20)19-9-6-17-7-10-19/h3,5,11,14,17H,2,4,6-10,12H2,1H3. The van der Waals surface area contributed by atoms with Gasteiger partial charge in [-0.15, -0.1) is 0 Å². The first kappa shape index (κ1) is 14.5. The van der Waals surface area contributed by atoms with Crippen LogP contribution in [0.2, 0.25) is 0 Å². The summed E-state index contributed by atoms with van der Waals surface area (Å²) < 4.78 is 0. The van der Waals surface area contributed by atoms with Crippen LogP contribution < -0.4 is 5.32 Å². The van der Waals surface area contributed by atoms with Crippen LogP contribution in [0, 0.1) is 0 Å². The zero-order valence-corrected chi connectivity index (χ0v) is 12.7. The maximum absolute atomic E-state index is 12.6. The minimum atomic E-state index is 0.0861. The molecule has 5 nitrogen and oxygen atoms in total. The summed E-state index contributed by atoms with van der Waals surface area (Å²) in [6.45, 7) is 8.10. The van der Waals surface area contributed by atoms with Crippen molar-refractivity contribution in [1.82, 2.24) is 20.1 Å². The van der Waals surface area contributed by atoms with Gasteiger partial charge < -0.3 is 10.2 Å². The van der Waals surface area contributed by atoms with Crippen molar-refractivity contribution in [2.24, 2.45) is 0 Å². The number of carbonyl (C=O) groups is 1. The van der Waals surface area contributed by atoms with E-state index in [1.54, 1.807) is 6.20 Å². The largest absolute Gasteiger partial charge is 0.336 e. The highest BCUT2D eigenvalue weighted by atomic mass is 16.2. The van der Waals surface area contributed by atoms with Crippen LogP contribution in [0.15, 0.2) is 18.3 Å². The third-order valence-corrected chi connectivity index (χ3v) is 4.57. The van der Waals surface area contributed by atoms with Gasteiger partial charge in [-0.3, -0.25) is 14.7 Å².